The third kappa shape index (κ3) is 6.44. The molecular weight excluding hydrogens is 477 g/mol. The van der Waals surface area contributed by atoms with Gasteiger partial charge < -0.3 is 19.7 Å². The van der Waals surface area contributed by atoms with Crippen molar-refractivity contribution in [3.8, 4) is 5.75 Å². The van der Waals surface area contributed by atoms with Gasteiger partial charge in [0.05, 0.1) is 14.2 Å². The van der Waals surface area contributed by atoms with E-state index in [1.807, 2.05) is 30.9 Å². The van der Waals surface area contributed by atoms with Gasteiger partial charge in [-0.25, -0.2) is 4.79 Å². The van der Waals surface area contributed by atoms with Crippen LogP contribution in [-0.4, -0.2) is 62.2 Å². The Morgan fingerprint density at radius 2 is 2.15 bits per heavy atom. The monoisotopic (exact) mass is 507 g/mol. The number of carbonyl (C=O) groups is 1. The van der Waals surface area contributed by atoms with E-state index >= 15 is 0 Å². The Kier molecular flexibility index (Phi) is 10.3. The van der Waals surface area contributed by atoms with Gasteiger partial charge in [0.1, 0.15) is 11.3 Å². The summed E-state index contributed by atoms with van der Waals surface area (Å²) in [6.07, 6.45) is 0. The van der Waals surface area contributed by atoms with E-state index in [9.17, 15) is 4.79 Å². The lowest BCUT2D eigenvalue weighted by atomic mass is 10.1. The molecule has 1 unspecified atom stereocenters. The Balaban J connectivity index is 0.00000364. The van der Waals surface area contributed by atoms with Crippen molar-refractivity contribution in [2.45, 2.75) is 25.6 Å². The summed E-state index contributed by atoms with van der Waals surface area (Å²) in [5.74, 6) is 2.79. The molecule has 0 bridgehead atoms. The van der Waals surface area contributed by atoms with Gasteiger partial charge in [0, 0.05) is 37.7 Å². The van der Waals surface area contributed by atoms with Crippen molar-refractivity contribution in [2.24, 2.45) is 10.9 Å². The molecular formula is C19H30IN3O3S. The quantitative estimate of drug-likeness (QED) is 0.286. The number of nitrogens with one attached hydrogen (secondary N) is 1. The third-order valence-corrected chi connectivity index (χ3v) is 6.01. The number of thioether (sulfide) groups is 1. The van der Waals surface area contributed by atoms with Gasteiger partial charge in [0.15, 0.2) is 5.96 Å². The van der Waals surface area contributed by atoms with Crippen molar-refractivity contribution in [1.82, 2.24) is 10.2 Å². The van der Waals surface area contributed by atoms with Crippen molar-refractivity contribution in [1.29, 1.82) is 0 Å². The lowest BCUT2D eigenvalue weighted by Crippen LogP contribution is -2.48. The van der Waals surface area contributed by atoms with E-state index in [2.05, 4.69) is 29.1 Å². The van der Waals surface area contributed by atoms with Crippen LogP contribution in [0.3, 0.4) is 0 Å². The molecule has 1 aromatic carbocycles. The van der Waals surface area contributed by atoms with Crippen LogP contribution in [0.4, 0.5) is 0 Å². The molecule has 1 N–H and O–H groups in total. The highest BCUT2D eigenvalue weighted by molar-refractivity contribution is 14.0. The molecule has 0 saturated carbocycles. The number of hydrogen-bond acceptors (Lipinski definition) is 5. The normalized spacial score (nSPS) is 17.3. The van der Waals surface area contributed by atoms with E-state index in [1.54, 1.807) is 13.2 Å². The molecule has 2 rings (SSSR count). The van der Waals surface area contributed by atoms with E-state index in [0.717, 1.165) is 30.4 Å². The number of ether oxygens (including phenoxy) is 2. The number of benzene rings is 1. The Hall–Kier alpha value is -1.16. The SMILES string of the molecule is CN=C(NCc1ccc(C(=O)OC)c(OC)c1)N1CCSC(C(C)C)C1.I. The summed E-state index contributed by atoms with van der Waals surface area (Å²) in [5.41, 5.74) is 1.44. The van der Waals surface area contributed by atoms with Crippen molar-refractivity contribution < 1.29 is 14.3 Å². The minimum absolute atomic E-state index is 0. The zero-order valence-electron chi connectivity index (χ0n) is 16.7. The average molecular weight is 507 g/mol. The maximum absolute atomic E-state index is 11.8. The second kappa shape index (κ2) is 11.6. The largest absolute Gasteiger partial charge is 0.496 e. The molecule has 1 saturated heterocycles. The first kappa shape index (κ1) is 23.9. The zero-order chi connectivity index (χ0) is 19.1. The minimum atomic E-state index is -0.400. The molecule has 27 heavy (non-hydrogen) atoms. The Morgan fingerprint density at radius 3 is 2.74 bits per heavy atom. The minimum Gasteiger partial charge on any atom is -0.496 e. The van der Waals surface area contributed by atoms with Crippen LogP contribution in [0.5, 0.6) is 5.75 Å². The lowest BCUT2D eigenvalue weighted by molar-refractivity contribution is 0.0597. The van der Waals surface area contributed by atoms with Crippen LogP contribution in [0, 0.1) is 5.92 Å². The number of halogens is 1. The van der Waals surface area contributed by atoms with Crippen LogP contribution < -0.4 is 10.1 Å². The third-order valence-electron chi connectivity index (χ3n) is 4.47. The summed E-state index contributed by atoms with van der Waals surface area (Å²) < 4.78 is 10.1. The summed E-state index contributed by atoms with van der Waals surface area (Å²) in [5, 5.41) is 4.05. The summed E-state index contributed by atoms with van der Waals surface area (Å²) in [4.78, 5) is 18.5. The summed E-state index contributed by atoms with van der Waals surface area (Å²) in [6.45, 7) is 7.16. The Bertz CT molecular complexity index is 655. The zero-order valence-corrected chi connectivity index (χ0v) is 19.8. The van der Waals surface area contributed by atoms with Gasteiger partial charge in [0.25, 0.3) is 0 Å². The van der Waals surface area contributed by atoms with Crippen LogP contribution in [0.1, 0.15) is 29.8 Å². The van der Waals surface area contributed by atoms with Gasteiger partial charge in [0.2, 0.25) is 0 Å². The Labute approximate surface area is 183 Å². The highest BCUT2D eigenvalue weighted by Crippen LogP contribution is 2.25. The number of guanidine groups is 1. The van der Waals surface area contributed by atoms with Crippen molar-refractivity contribution in [3.05, 3.63) is 29.3 Å². The average Bonchev–Trinajstić information content (AvgIpc) is 2.67. The van der Waals surface area contributed by atoms with Crippen LogP contribution in [0.2, 0.25) is 0 Å². The first-order valence-electron chi connectivity index (χ1n) is 8.82. The molecule has 152 valence electrons. The number of esters is 1. The van der Waals surface area contributed by atoms with Crippen molar-refractivity contribution in [2.75, 3.05) is 40.1 Å². The molecule has 0 aromatic heterocycles. The standard InChI is InChI=1S/C19H29N3O3S.HI/c1-13(2)17-12-22(8-9-26-17)19(20-3)21-11-14-6-7-15(18(23)25-5)16(10-14)24-4;/h6-7,10,13,17H,8-9,11-12H2,1-5H3,(H,20,21);1H. The van der Waals surface area contributed by atoms with E-state index in [0.29, 0.717) is 29.0 Å². The van der Waals surface area contributed by atoms with Crippen molar-refractivity contribution >= 4 is 47.7 Å². The van der Waals surface area contributed by atoms with Crippen LogP contribution in [-0.2, 0) is 11.3 Å². The number of aliphatic imine (C=N–C) groups is 1. The molecule has 6 nitrogen and oxygen atoms in total. The van der Waals surface area contributed by atoms with E-state index in [1.165, 1.54) is 7.11 Å². The first-order valence-corrected chi connectivity index (χ1v) is 9.87. The molecule has 1 aliphatic heterocycles. The number of carbonyl (C=O) groups excluding carboxylic acids is 1. The molecule has 1 heterocycles. The molecule has 1 aliphatic rings. The van der Waals surface area contributed by atoms with Gasteiger partial charge in [-0.1, -0.05) is 19.9 Å². The molecule has 1 atom stereocenters. The molecule has 0 radical (unpaired) electrons. The summed E-state index contributed by atoms with van der Waals surface area (Å²) >= 11 is 2.04. The maximum atomic E-state index is 11.8. The van der Waals surface area contributed by atoms with Gasteiger partial charge in [-0.3, -0.25) is 4.99 Å². The van der Waals surface area contributed by atoms with Gasteiger partial charge in [-0.2, -0.15) is 11.8 Å². The predicted octanol–water partition coefficient (Wildman–Crippen LogP) is 3.25. The molecule has 0 aliphatic carbocycles. The number of rotatable bonds is 5. The molecule has 1 aromatic rings. The highest BCUT2D eigenvalue weighted by atomic mass is 127. The van der Waals surface area contributed by atoms with Gasteiger partial charge in [-0.15, -0.1) is 24.0 Å². The topological polar surface area (TPSA) is 63.2 Å². The van der Waals surface area contributed by atoms with Crippen molar-refractivity contribution in [3.63, 3.8) is 0 Å². The lowest BCUT2D eigenvalue weighted by Gasteiger charge is -2.36. The fourth-order valence-corrected chi connectivity index (χ4v) is 4.21. The molecule has 8 heteroatoms. The maximum Gasteiger partial charge on any atom is 0.341 e. The van der Waals surface area contributed by atoms with E-state index < -0.39 is 5.97 Å². The van der Waals surface area contributed by atoms with E-state index in [4.69, 9.17) is 9.47 Å². The Morgan fingerprint density at radius 1 is 1.41 bits per heavy atom. The van der Waals surface area contributed by atoms with Gasteiger partial charge in [-0.05, 0) is 23.6 Å². The molecule has 0 spiro atoms. The van der Waals surface area contributed by atoms with E-state index in [-0.39, 0.29) is 24.0 Å². The fraction of sp³-hybridized carbons (Fsp3) is 0.579. The number of nitrogens with zero attached hydrogens (tertiary/aromatic N) is 2. The first-order chi connectivity index (χ1) is 12.5. The number of hydrogen-bond donors (Lipinski definition) is 1. The summed E-state index contributed by atoms with van der Waals surface area (Å²) in [7, 11) is 4.73. The second-order valence-electron chi connectivity index (χ2n) is 6.53. The summed E-state index contributed by atoms with van der Waals surface area (Å²) in [6, 6.07) is 5.49. The predicted molar refractivity (Wildman–Crippen MR) is 123 cm³/mol. The van der Waals surface area contributed by atoms with Crippen LogP contribution >= 0.6 is 35.7 Å². The molecule has 0 amide bonds. The highest BCUT2D eigenvalue weighted by Gasteiger charge is 2.24. The second-order valence-corrected chi connectivity index (χ2v) is 7.87. The molecule has 1 fully saturated rings. The number of methoxy groups -OCH3 is 2. The van der Waals surface area contributed by atoms with Gasteiger partial charge >= 0.3 is 5.97 Å². The smallest absolute Gasteiger partial charge is 0.341 e. The van der Waals surface area contributed by atoms with Crippen LogP contribution in [0.25, 0.3) is 0 Å². The fourth-order valence-electron chi connectivity index (χ4n) is 2.91. The van der Waals surface area contributed by atoms with Crippen LogP contribution in [0.15, 0.2) is 23.2 Å².